The van der Waals surface area contributed by atoms with Gasteiger partial charge in [-0.2, -0.15) is 0 Å². The molecule has 1 aromatic rings. The Morgan fingerprint density at radius 1 is 1.46 bits per heavy atom. The van der Waals surface area contributed by atoms with Crippen molar-refractivity contribution < 1.29 is 4.79 Å². The Balaban J connectivity index is 2.33. The highest BCUT2D eigenvalue weighted by molar-refractivity contribution is 6.30. The molecule has 13 heavy (non-hydrogen) atoms. The van der Waals surface area contributed by atoms with Gasteiger partial charge in [-0.3, -0.25) is 4.79 Å². The second-order valence-corrected chi connectivity index (χ2v) is 4.03. The van der Waals surface area contributed by atoms with Crippen molar-refractivity contribution in [1.29, 1.82) is 0 Å². The Bertz CT molecular complexity index is 353. The predicted molar refractivity (Wildman–Crippen MR) is 53.2 cm³/mol. The Morgan fingerprint density at radius 2 is 2.15 bits per heavy atom. The number of hydrogen-bond donors (Lipinski definition) is 0. The van der Waals surface area contributed by atoms with E-state index in [0.29, 0.717) is 10.9 Å². The lowest BCUT2D eigenvalue weighted by atomic mass is 10.0. The maximum atomic E-state index is 11.7. The van der Waals surface area contributed by atoms with Gasteiger partial charge in [-0.05, 0) is 43.5 Å². The summed E-state index contributed by atoms with van der Waals surface area (Å²) in [5, 5.41) is 0.699. The van der Waals surface area contributed by atoms with Crippen LogP contribution >= 0.6 is 11.6 Å². The molecule has 1 aromatic carbocycles. The molecular formula is C11H11ClO. The van der Waals surface area contributed by atoms with Crippen LogP contribution in [-0.4, -0.2) is 5.78 Å². The molecule has 0 radical (unpaired) electrons. The maximum absolute atomic E-state index is 11.7. The minimum atomic E-state index is 0.286. The number of rotatable bonds is 2. The van der Waals surface area contributed by atoms with Gasteiger partial charge in [0.25, 0.3) is 0 Å². The van der Waals surface area contributed by atoms with Crippen LogP contribution in [0.5, 0.6) is 0 Å². The van der Waals surface area contributed by atoms with Crippen LogP contribution in [0.15, 0.2) is 18.2 Å². The Morgan fingerprint density at radius 3 is 2.69 bits per heavy atom. The molecule has 2 heteroatoms. The van der Waals surface area contributed by atoms with E-state index in [1.165, 1.54) is 0 Å². The molecule has 0 aliphatic heterocycles. The Labute approximate surface area is 82.7 Å². The summed E-state index contributed by atoms with van der Waals surface area (Å²) in [6, 6.07) is 5.46. The molecule has 0 N–H and O–H groups in total. The van der Waals surface area contributed by atoms with Crippen molar-refractivity contribution >= 4 is 17.4 Å². The van der Waals surface area contributed by atoms with Gasteiger partial charge >= 0.3 is 0 Å². The quantitative estimate of drug-likeness (QED) is 0.661. The number of hydrogen-bond acceptors (Lipinski definition) is 1. The molecule has 1 nitrogen and oxygen atoms in total. The third-order valence-electron chi connectivity index (χ3n) is 2.40. The highest BCUT2D eigenvalue weighted by Crippen LogP contribution is 2.33. The summed E-state index contributed by atoms with van der Waals surface area (Å²) < 4.78 is 0. The maximum Gasteiger partial charge on any atom is 0.166 e. The molecule has 2 rings (SSSR count). The summed E-state index contributed by atoms with van der Waals surface area (Å²) in [5.41, 5.74) is 1.83. The fourth-order valence-corrected chi connectivity index (χ4v) is 1.70. The minimum absolute atomic E-state index is 0.286. The van der Waals surface area contributed by atoms with Gasteiger partial charge in [0.1, 0.15) is 0 Å². The standard InChI is InChI=1S/C11H11ClO/c1-7-6-9(12)4-5-10(7)11(13)8-2-3-8/h4-6,8H,2-3H2,1H3. The topological polar surface area (TPSA) is 17.1 Å². The number of Topliss-reactive ketones (excluding diaryl/α,β-unsaturated/α-hetero) is 1. The zero-order valence-corrected chi connectivity index (χ0v) is 8.27. The third kappa shape index (κ3) is 1.75. The zero-order valence-electron chi connectivity index (χ0n) is 7.51. The average molecular weight is 195 g/mol. The molecule has 1 aliphatic rings. The lowest BCUT2D eigenvalue weighted by Crippen LogP contribution is -2.03. The van der Waals surface area contributed by atoms with Crippen molar-refractivity contribution in [2.24, 2.45) is 5.92 Å². The van der Waals surface area contributed by atoms with E-state index in [0.717, 1.165) is 24.0 Å². The number of benzene rings is 1. The fourth-order valence-electron chi connectivity index (χ4n) is 1.47. The summed E-state index contributed by atoms with van der Waals surface area (Å²) in [6.45, 7) is 1.93. The van der Waals surface area contributed by atoms with Gasteiger partial charge in [0.15, 0.2) is 5.78 Å². The number of carbonyl (C=O) groups is 1. The van der Waals surface area contributed by atoms with E-state index in [2.05, 4.69) is 0 Å². The van der Waals surface area contributed by atoms with Gasteiger partial charge in [0.2, 0.25) is 0 Å². The molecule has 0 aromatic heterocycles. The number of aryl methyl sites for hydroxylation is 1. The monoisotopic (exact) mass is 194 g/mol. The molecule has 0 saturated heterocycles. The van der Waals surface area contributed by atoms with E-state index in [-0.39, 0.29) is 5.78 Å². The van der Waals surface area contributed by atoms with E-state index in [9.17, 15) is 4.79 Å². The lowest BCUT2D eigenvalue weighted by molar-refractivity contribution is 0.0967. The van der Waals surface area contributed by atoms with Crippen LogP contribution in [0, 0.1) is 12.8 Å². The molecule has 1 aliphatic carbocycles. The fraction of sp³-hybridized carbons (Fsp3) is 0.364. The first kappa shape index (κ1) is 8.76. The highest BCUT2D eigenvalue weighted by atomic mass is 35.5. The van der Waals surface area contributed by atoms with Crippen LogP contribution < -0.4 is 0 Å². The Hall–Kier alpha value is -0.820. The molecule has 0 bridgehead atoms. The predicted octanol–water partition coefficient (Wildman–Crippen LogP) is 3.24. The smallest absolute Gasteiger partial charge is 0.166 e. The van der Waals surface area contributed by atoms with Crippen LogP contribution in [0.2, 0.25) is 5.02 Å². The molecule has 1 saturated carbocycles. The van der Waals surface area contributed by atoms with Crippen LogP contribution in [0.3, 0.4) is 0 Å². The molecule has 0 heterocycles. The van der Waals surface area contributed by atoms with Gasteiger partial charge in [0.05, 0.1) is 0 Å². The molecule has 68 valence electrons. The van der Waals surface area contributed by atoms with Crippen molar-refractivity contribution in [2.45, 2.75) is 19.8 Å². The van der Waals surface area contributed by atoms with Gasteiger partial charge in [0, 0.05) is 16.5 Å². The highest BCUT2D eigenvalue weighted by Gasteiger charge is 2.30. The minimum Gasteiger partial charge on any atom is -0.294 e. The molecule has 0 amide bonds. The lowest BCUT2D eigenvalue weighted by Gasteiger charge is -2.03. The normalized spacial score (nSPS) is 15.8. The van der Waals surface area contributed by atoms with E-state index >= 15 is 0 Å². The summed E-state index contributed by atoms with van der Waals surface area (Å²) in [4.78, 5) is 11.7. The summed E-state index contributed by atoms with van der Waals surface area (Å²) >= 11 is 5.81. The zero-order chi connectivity index (χ0) is 9.42. The number of ketones is 1. The first-order valence-electron chi connectivity index (χ1n) is 4.49. The van der Waals surface area contributed by atoms with E-state index < -0.39 is 0 Å². The van der Waals surface area contributed by atoms with Gasteiger partial charge in [-0.25, -0.2) is 0 Å². The average Bonchev–Trinajstić information content (AvgIpc) is 2.85. The second-order valence-electron chi connectivity index (χ2n) is 3.60. The number of carbonyl (C=O) groups excluding carboxylic acids is 1. The molecule has 0 unspecified atom stereocenters. The van der Waals surface area contributed by atoms with Gasteiger partial charge in [-0.15, -0.1) is 0 Å². The summed E-state index contributed by atoms with van der Waals surface area (Å²) in [7, 11) is 0. The van der Waals surface area contributed by atoms with Crippen molar-refractivity contribution in [1.82, 2.24) is 0 Å². The number of halogens is 1. The first-order chi connectivity index (χ1) is 6.18. The molecule has 1 fully saturated rings. The van der Waals surface area contributed by atoms with Crippen LogP contribution in [0.25, 0.3) is 0 Å². The second kappa shape index (κ2) is 3.15. The summed E-state index contributed by atoms with van der Waals surface area (Å²) in [6.07, 6.45) is 2.11. The van der Waals surface area contributed by atoms with Gasteiger partial charge < -0.3 is 0 Å². The SMILES string of the molecule is Cc1cc(Cl)ccc1C(=O)C1CC1. The van der Waals surface area contributed by atoms with E-state index in [1.54, 1.807) is 6.07 Å². The van der Waals surface area contributed by atoms with Crippen LogP contribution in [0.4, 0.5) is 0 Å². The van der Waals surface area contributed by atoms with E-state index in [1.807, 2.05) is 19.1 Å². The van der Waals surface area contributed by atoms with Gasteiger partial charge in [-0.1, -0.05) is 11.6 Å². The summed E-state index contributed by atoms with van der Waals surface area (Å²) in [5.74, 6) is 0.578. The molecular weight excluding hydrogens is 184 g/mol. The molecule has 0 spiro atoms. The van der Waals surface area contributed by atoms with Crippen molar-refractivity contribution in [3.05, 3.63) is 34.3 Å². The largest absolute Gasteiger partial charge is 0.294 e. The van der Waals surface area contributed by atoms with Crippen molar-refractivity contribution in [3.63, 3.8) is 0 Å². The van der Waals surface area contributed by atoms with Crippen LogP contribution in [-0.2, 0) is 0 Å². The van der Waals surface area contributed by atoms with Crippen LogP contribution in [0.1, 0.15) is 28.8 Å². The van der Waals surface area contributed by atoms with Crippen molar-refractivity contribution in [2.75, 3.05) is 0 Å². The molecule has 0 atom stereocenters. The van der Waals surface area contributed by atoms with Crippen molar-refractivity contribution in [3.8, 4) is 0 Å². The first-order valence-corrected chi connectivity index (χ1v) is 4.86. The third-order valence-corrected chi connectivity index (χ3v) is 2.64. The van der Waals surface area contributed by atoms with E-state index in [4.69, 9.17) is 11.6 Å². The Kier molecular flexibility index (Phi) is 2.12.